The standard InChI is InChI=1S/C18H33NO/c1-11-5-6-16-14(4)9-19(10-17(11)16)18-12(2)7-15(20)8-13(18)3/h11-18,20H,5-10H2,1-4H3/t11-,12?,13?,14?,15?,16?,17?,18?/m0/s1. The summed E-state index contributed by atoms with van der Waals surface area (Å²) in [5.74, 6) is 5.00. The summed E-state index contributed by atoms with van der Waals surface area (Å²) >= 11 is 0. The molecular formula is C18H33NO. The van der Waals surface area contributed by atoms with Crippen LogP contribution in [-0.2, 0) is 0 Å². The van der Waals surface area contributed by atoms with Crippen molar-refractivity contribution in [2.45, 2.75) is 65.5 Å². The van der Waals surface area contributed by atoms with E-state index in [-0.39, 0.29) is 6.10 Å². The van der Waals surface area contributed by atoms with Crippen LogP contribution in [0.25, 0.3) is 0 Å². The van der Waals surface area contributed by atoms with Crippen molar-refractivity contribution in [2.24, 2.45) is 35.5 Å². The third kappa shape index (κ3) is 2.54. The number of hydrogen-bond acceptors (Lipinski definition) is 2. The average molecular weight is 279 g/mol. The zero-order valence-corrected chi connectivity index (χ0v) is 13.8. The lowest BCUT2D eigenvalue weighted by Crippen LogP contribution is -2.55. The number of nitrogens with zero attached hydrogens (tertiary/aromatic N) is 1. The van der Waals surface area contributed by atoms with Gasteiger partial charge in [-0.25, -0.2) is 0 Å². The van der Waals surface area contributed by atoms with Crippen LogP contribution in [0.1, 0.15) is 53.4 Å². The van der Waals surface area contributed by atoms with Gasteiger partial charge in [-0.15, -0.1) is 0 Å². The van der Waals surface area contributed by atoms with E-state index in [2.05, 4.69) is 32.6 Å². The van der Waals surface area contributed by atoms with Gasteiger partial charge in [-0.1, -0.05) is 34.1 Å². The molecule has 6 atom stereocenters. The van der Waals surface area contributed by atoms with Crippen LogP contribution in [0.4, 0.5) is 0 Å². The normalized spacial score (nSPS) is 53.9. The highest BCUT2D eigenvalue weighted by Crippen LogP contribution is 2.46. The highest BCUT2D eigenvalue weighted by Gasteiger charge is 2.45. The zero-order chi connectivity index (χ0) is 14.4. The maximum absolute atomic E-state index is 9.99. The number of rotatable bonds is 1. The van der Waals surface area contributed by atoms with Gasteiger partial charge in [0.1, 0.15) is 0 Å². The fourth-order valence-corrected chi connectivity index (χ4v) is 5.94. The lowest BCUT2D eigenvalue weighted by Gasteiger charge is -2.50. The van der Waals surface area contributed by atoms with Crippen molar-refractivity contribution in [3.8, 4) is 0 Å². The molecular weight excluding hydrogens is 246 g/mol. The average Bonchev–Trinajstić information content (AvgIpc) is 2.70. The molecule has 1 aliphatic heterocycles. The highest BCUT2D eigenvalue weighted by atomic mass is 16.3. The fraction of sp³-hybridized carbons (Fsp3) is 1.00. The molecule has 3 rings (SSSR count). The van der Waals surface area contributed by atoms with Crippen LogP contribution in [0.5, 0.6) is 0 Å². The number of aliphatic hydroxyl groups is 1. The van der Waals surface area contributed by atoms with Crippen LogP contribution in [0.15, 0.2) is 0 Å². The molecule has 0 aromatic rings. The first-order valence-corrected chi connectivity index (χ1v) is 8.89. The molecule has 0 aromatic carbocycles. The smallest absolute Gasteiger partial charge is 0.0546 e. The van der Waals surface area contributed by atoms with E-state index < -0.39 is 0 Å². The van der Waals surface area contributed by atoms with Crippen molar-refractivity contribution in [1.29, 1.82) is 0 Å². The van der Waals surface area contributed by atoms with Gasteiger partial charge in [0.05, 0.1) is 6.10 Å². The minimum Gasteiger partial charge on any atom is -0.393 e. The summed E-state index contributed by atoms with van der Waals surface area (Å²) in [5.41, 5.74) is 0. The number of hydrogen-bond donors (Lipinski definition) is 1. The topological polar surface area (TPSA) is 23.5 Å². The Morgan fingerprint density at radius 3 is 2.05 bits per heavy atom. The van der Waals surface area contributed by atoms with Crippen molar-refractivity contribution in [3.63, 3.8) is 0 Å². The molecule has 3 aliphatic rings. The summed E-state index contributed by atoms with van der Waals surface area (Å²) in [4.78, 5) is 2.81. The van der Waals surface area contributed by atoms with Crippen molar-refractivity contribution in [1.82, 2.24) is 4.90 Å². The van der Waals surface area contributed by atoms with E-state index in [9.17, 15) is 5.11 Å². The second kappa shape index (κ2) is 5.61. The number of aliphatic hydroxyl groups excluding tert-OH is 1. The summed E-state index contributed by atoms with van der Waals surface area (Å²) < 4.78 is 0. The highest BCUT2D eigenvalue weighted by molar-refractivity contribution is 4.97. The number of fused-ring (bicyclic) bond motifs is 1. The Labute approximate surface area is 124 Å². The monoisotopic (exact) mass is 279 g/mol. The molecule has 0 bridgehead atoms. The molecule has 0 amide bonds. The molecule has 116 valence electrons. The van der Waals surface area contributed by atoms with E-state index in [1.807, 2.05) is 0 Å². The third-order valence-corrected chi connectivity index (χ3v) is 6.81. The Morgan fingerprint density at radius 1 is 0.750 bits per heavy atom. The second-order valence-corrected chi connectivity index (χ2v) is 8.38. The molecule has 1 N–H and O–H groups in total. The van der Waals surface area contributed by atoms with Crippen LogP contribution in [0, 0.1) is 35.5 Å². The van der Waals surface area contributed by atoms with Crippen molar-refractivity contribution >= 4 is 0 Å². The molecule has 1 saturated heterocycles. The van der Waals surface area contributed by atoms with Crippen LogP contribution in [0.3, 0.4) is 0 Å². The molecule has 0 aromatic heterocycles. The van der Waals surface area contributed by atoms with Crippen LogP contribution in [0.2, 0.25) is 0 Å². The second-order valence-electron chi connectivity index (χ2n) is 8.38. The summed E-state index contributed by atoms with van der Waals surface area (Å²) in [6.07, 6.45) is 4.86. The first-order valence-electron chi connectivity index (χ1n) is 8.89. The summed E-state index contributed by atoms with van der Waals surface area (Å²) in [6, 6.07) is 0.703. The van der Waals surface area contributed by atoms with Crippen LogP contribution >= 0.6 is 0 Å². The Hall–Kier alpha value is -0.0800. The Morgan fingerprint density at radius 2 is 1.40 bits per heavy atom. The molecule has 20 heavy (non-hydrogen) atoms. The fourth-order valence-electron chi connectivity index (χ4n) is 5.94. The molecule has 2 heteroatoms. The van der Waals surface area contributed by atoms with E-state index in [0.29, 0.717) is 17.9 Å². The van der Waals surface area contributed by atoms with Gasteiger partial charge >= 0.3 is 0 Å². The quantitative estimate of drug-likeness (QED) is 0.795. The lowest BCUT2D eigenvalue weighted by molar-refractivity contribution is -0.0385. The summed E-state index contributed by atoms with van der Waals surface area (Å²) in [6.45, 7) is 12.3. The molecule has 0 radical (unpaired) electrons. The maximum Gasteiger partial charge on any atom is 0.0546 e. The summed E-state index contributed by atoms with van der Waals surface area (Å²) in [7, 11) is 0. The van der Waals surface area contributed by atoms with Gasteiger partial charge < -0.3 is 5.11 Å². The lowest BCUT2D eigenvalue weighted by atomic mass is 9.72. The first kappa shape index (κ1) is 14.8. The van der Waals surface area contributed by atoms with Crippen molar-refractivity contribution in [2.75, 3.05) is 13.1 Å². The Bertz CT molecular complexity index is 332. The number of likely N-dealkylation sites (tertiary alicyclic amines) is 1. The van der Waals surface area contributed by atoms with Crippen LogP contribution in [-0.4, -0.2) is 35.2 Å². The minimum absolute atomic E-state index is 0.0587. The van der Waals surface area contributed by atoms with Crippen molar-refractivity contribution in [3.05, 3.63) is 0 Å². The van der Waals surface area contributed by atoms with Crippen molar-refractivity contribution < 1.29 is 5.11 Å². The van der Waals surface area contributed by atoms with E-state index >= 15 is 0 Å². The predicted octanol–water partition coefficient (Wildman–Crippen LogP) is 3.40. The van der Waals surface area contributed by atoms with Gasteiger partial charge in [0.2, 0.25) is 0 Å². The van der Waals surface area contributed by atoms with Gasteiger partial charge in [-0.2, -0.15) is 0 Å². The Kier molecular flexibility index (Phi) is 4.16. The van der Waals surface area contributed by atoms with Gasteiger partial charge in [0.25, 0.3) is 0 Å². The predicted molar refractivity (Wildman–Crippen MR) is 83.5 cm³/mol. The molecule has 3 fully saturated rings. The van der Waals surface area contributed by atoms with E-state index in [0.717, 1.165) is 36.5 Å². The molecule has 2 saturated carbocycles. The van der Waals surface area contributed by atoms with Crippen LogP contribution < -0.4 is 0 Å². The van der Waals surface area contributed by atoms with E-state index in [1.54, 1.807) is 0 Å². The van der Waals surface area contributed by atoms with E-state index in [4.69, 9.17) is 0 Å². The molecule has 2 nitrogen and oxygen atoms in total. The van der Waals surface area contributed by atoms with Gasteiger partial charge in [0.15, 0.2) is 0 Å². The van der Waals surface area contributed by atoms with Gasteiger partial charge in [0, 0.05) is 19.1 Å². The zero-order valence-electron chi connectivity index (χ0n) is 13.8. The number of piperidine rings is 1. The molecule has 1 heterocycles. The third-order valence-electron chi connectivity index (χ3n) is 6.81. The SMILES string of the molecule is CC1CN(C2C(C)CC(O)CC2C)CC2C1CC[C@@H]2C. The van der Waals surface area contributed by atoms with Gasteiger partial charge in [-0.3, -0.25) is 4.90 Å². The molecule has 0 spiro atoms. The largest absolute Gasteiger partial charge is 0.393 e. The first-order chi connectivity index (χ1) is 9.47. The minimum atomic E-state index is -0.0587. The van der Waals surface area contributed by atoms with E-state index in [1.165, 1.54) is 25.9 Å². The van der Waals surface area contributed by atoms with Gasteiger partial charge in [-0.05, 0) is 54.8 Å². The Balaban J connectivity index is 1.73. The molecule has 5 unspecified atom stereocenters. The maximum atomic E-state index is 9.99. The summed E-state index contributed by atoms with van der Waals surface area (Å²) in [5, 5.41) is 9.99. The molecule has 2 aliphatic carbocycles.